The summed E-state index contributed by atoms with van der Waals surface area (Å²) in [7, 11) is 0. The summed E-state index contributed by atoms with van der Waals surface area (Å²) in [6.07, 6.45) is -1.77. The molecule has 0 spiro atoms. The van der Waals surface area contributed by atoms with Gasteiger partial charge < -0.3 is 25.2 Å². The van der Waals surface area contributed by atoms with Crippen LogP contribution >= 0.6 is 0 Å². The molecule has 0 unspecified atom stereocenters. The monoisotopic (exact) mass is 565 g/mol. The van der Waals surface area contributed by atoms with E-state index in [-0.39, 0.29) is 11.5 Å². The Bertz CT molecular complexity index is 1180. The number of carboxylic acid groups (broad SMARTS) is 2. The van der Waals surface area contributed by atoms with Crippen molar-refractivity contribution in [3.05, 3.63) is 59.2 Å². The molecule has 2 heterocycles. The molecule has 218 valence electrons. The standard InChI is InChI=1S/C26H33N3O4.C2HF3O2/c1-19-3-2-4-21(17-19)25(30)27-22-5-6-24(23(18-22)26(31)32)29-11-8-20(9-12-29)7-10-28-13-15-33-16-14-28;3-2(4,5)1(6)7/h2-6,17-18,20H,7-16H2,1H3,(H,27,30)(H,31,32);(H,6,7). The number of rotatable bonds is 7. The highest BCUT2D eigenvalue weighted by Gasteiger charge is 2.38. The molecule has 2 aliphatic rings. The van der Waals surface area contributed by atoms with Crippen LogP contribution in [0, 0.1) is 12.8 Å². The van der Waals surface area contributed by atoms with Crippen molar-refractivity contribution >= 4 is 29.2 Å². The third-order valence-corrected chi connectivity index (χ3v) is 6.92. The summed E-state index contributed by atoms with van der Waals surface area (Å²) < 4.78 is 37.2. The molecule has 2 saturated heterocycles. The lowest BCUT2D eigenvalue weighted by Crippen LogP contribution is -2.39. The third-order valence-electron chi connectivity index (χ3n) is 6.92. The Hall–Kier alpha value is -3.64. The van der Waals surface area contributed by atoms with Crippen LogP contribution in [0.25, 0.3) is 0 Å². The second kappa shape index (κ2) is 14.1. The van der Waals surface area contributed by atoms with Crippen LogP contribution in [-0.2, 0) is 9.53 Å². The van der Waals surface area contributed by atoms with Crippen molar-refractivity contribution in [3.8, 4) is 0 Å². The molecule has 0 saturated carbocycles. The maximum Gasteiger partial charge on any atom is 0.490 e. The van der Waals surface area contributed by atoms with Gasteiger partial charge in [0.1, 0.15) is 0 Å². The smallest absolute Gasteiger partial charge is 0.478 e. The number of nitrogens with zero attached hydrogens (tertiary/aromatic N) is 2. The average Bonchev–Trinajstić information content (AvgIpc) is 2.92. The van der Waals surface area contributed by atoms with Crippen molar-refractivity contribution in [2.45, 2.75) is 32.4 Å². The Morgan fingerprint density at radius 1 is 1.00 bits per heavy atom. The van der Waals surface area contributed by atoms with Crippen LogP contribution in [-0.4, -0.2) is 85.1 Å². The van der Waals surface area contributed by atoms with E-state index in [1.807, 2.05) is 31.2 Å². The Balaban J connectivity index is 0.000000559. The highest BCUT2D eigenvalue weighted by Crippen LogP contribution is 2.30. The minimum atomic E-state index is -5.08. The first kappa shape index (κ1) is 30.9. The zero-order chi connectivity index (χ0) is 29.3. The van der Waals surface area contributed by atoms with Crippen LogP contribution < -0.4 is 10.2 Å². The maximum absolute atomic E-state index is 12.6. The molecule has 0 aromatic heterocycles. The predicted octanol–water partition coefficient (Wildman–Crippen LogP) is 4.52. The van der Waals surface area contributed by atoms with E-state index in [1.165, 1.54) is 6.42 Å². The van der Waals surface area contributed by atoms with E-state index in [1.54, 1.807) is 18.2 Å². The maximum atomic E-state index is 12.6. The van der Waals surface area contributed by atoms with Crippen LogP contribution in [0.2, 0.25) is 0 Å². The summed E-state index contributed by atoms with van der Waals surface area (Å²) in [5.74, 6) is -3.31. The number of nitrogens with one attached hydrogen (secondary N) is 1. The highest BCUT2D eigenvalue weighted by atomic mass is 19.4. The van der Waals surface area contributed by atoms with Crippen molar-refractivity contribution in [3.63, 3.8) is 0 Å². The molecular formula is C28H34F3N3O6. The molecule has 3 N–H and O–H groups in total. The van der Waals surface area contributed by atoms with E-state index in [0.717, 1.165) is 70.0 Å². The van der Waals surface area contributed by atoms with E-state index in [0.29, 0.717) is 17.2 Å². The summed E-state index contributed by atoms with van der Waals surface area (Å²) in [5.41, 5.74) is 2.99. The molecule has 4 rings (SSSR count). The number of halogens is 3. The minimum Gasteiger partial charge on any atom is -0.478 e. The number of aromatic carboxylic acids is 1. The molecule has 12 heteroatoms. The lowest BCUT2D eigenvalue weighted by Gasteiger charge is -2.35. The lowest BCUT2D eigenvalue weighted by molar-refractivity contribution is -0.192. The molecule has 2 aromatic rings. The number of hydrogen-bond acceptors (Lipinski definition) is 6. The number of piperidine rings is 1. The molecule has 2 fully saturated rings. The fraction of sp³-hybridized carbons (Fsp3) is 0.464. The number of benzene rings is 2. The van der Waals surface area contributed by atoms with Gasteiger partial charge in [0.25, 0.3) is 5.91 Å². The molecular weight excluding hydrogens is 531 g/mol. The number of carboxylic acids is 2. The Morgan fingerprint density at radius 2 is 1.65 bits per heavy atom. The van der Waals surface area contributed by atoms with Crippen LogP contribution in [0.1, 0.15) is 45.5 Å². The zero-order valence-corrected chi connectivity index (χ0v) is 22.2. The number of carbonyl (C=O) groups is 3. The third kappa shape index (κ3) is 9.23. The number of hydrogen-bond donors (Lipinski definition) is 3. The first-order valence-electron chi connectivity index (χ1n) is 13.0. The number of aryl methyl sites for hydroxylation is 1. The van der Waals surface area contributed by atoms with Gasteiger partial charge in [0.15, 0.2) is 0 Å². The van der Waals surface area contributed by atoms with Gasteiger partial charge >= 0.3 is 18.1 Å². The van der Waals surface area contributed by atoms with Gasteiger partial charge in [-0.3, -0.25) is 9.69 Å². The van der Waals surface area contributed by atoms with Crippen molar-refractivity contribution in [1.82, 2.24) is 4.90 Å². The lowest BCUT2D eigenvalue weighted by atomic mass is 9.92. The molecule has 2 aromatic carbocycles. The summed E-state index contributed by atoms with van der Waals surface area (Å²) in [4.78, 5) is 38.1. The van der Waals surface area contributed by atoms with E-state index in [9.17, 15) is 27.9 Å². The number of morpholine rings is 1. The van der Waals surface area contributed by atoms with Gasteiger partial charge in [0, 0.05) is 37.4 Å². The quantitative estimate of drug-likeness (QED) is 0.449. The fourth-order valence-corrected chi connectivity index (χ4v) is 4.70. The molecule has 2 aliphatic heterocycles. The van der Waals surface area contributed by atoms with Crippen LogP contribution in [0.4, 0.5) is 24.5 Å². The molecule has 0 aliphatic carbocycles. The van der Waals surface area contributed by atoms with Crippen LogP contribution in [0.5, 0.6) is 0 Å². The van der Waals surface area contributed by atoms with Gasteiger partial charge in [-0.2, -0.15) is 13.2 Å². The highest BCUT2D eigenvalue weighted by molar-refractivity contribution is 6.05. The van der Waals surface area contributed by atoms with Gasteiger partial charge in [0.2, 0.25) is 0 Å². The average molecular weight is 566 g/mol. The number of ether oxygens (including phenoxy) is 1. The van der Waals surface area contributed by atoms with Crippen LogP contribution in [0.3, 0.4) is 0 Å². The Kier molecular flexibility index (Phi) is 10.9. The SMILES string of the molecule is Cc1cccc(C(=O)Nc2ccc(N3CCC(CCN4CCOCC4)CC3)c(C(=O)O)c2)c1.O=C(O)C(F)(F)F. The summed E-state index contributed by atoms with van der Waals surface area (Å²) in [6.45, 7) is 8.45. The second-order valence-corrected chi connectivity index (χ2v) is 9.84. The number of anilines is 2. The fourth-order valence-electron chi connectivity index (χ4n) is 4.70. The van der Waals surface area contributed by atoms with Gasteiger partial charge in [-0.05, 0) is 69.0 Å². The summed E-state index contributed by atoms with van der Waals surface area (Å²) in [5, 5.41) is 19.8. The van der Waals surface area contributed by atoms with E-state index < -0.39 is 18.1 Å². The summed E-state index contributed by atoms with van der Waals surface area (Å²) >= 11 is 0. The van der Waals surface area contributed by atoms with Gasteiger partial charge in [-0.15, -0.1) is 0 Å². The van der Waals surface area contributed by atoms with Crippen molar-refractivity contribution in [1.29, 1.82) is 0 Å². The number of carbonyl (C=O) groups excluding carboxylic acids is 1. The van der Waals surface area contributed by atoms with E-state index in [2.05, 4.69) is 15.1 Å². The first-order valence-corrected chi connectivity index (χ1v) is 13.0. The molecule has 0 atom stereocenters. The molecule has 9 nitrogen and oxygen atoms in total. The molecule has 0 radical (unpaired) electrons. The van der Waals surface area contributed by atoms with Crippen LogP contribution in [0.15, 0.2) is 42.5 Å². The van der Waals surface area contributed by atoms with Gasteiger partial charge in [0.05, 0.1) is 24.5 Å². The van der Waals surface area contributed by atoms with Crippen molar-refractivity contribution in [2.24, 2.45) is 5.92 Å². The van der Waals surface area contributed by atoms with Gasteiger partial charge in [-0.1, -0.05) is 17.7 Å². The van der Waals surface area contributed by atoms with Crippen molar-refractivity contribution in [2.75, 3.05) is 56.2 Å². The zero-order valence-electron chi connectivity index (χ0n) is 22.2. The van der Waals surface area contributed by atoms with E-state index >= 15 is 0 Å². The normalized spacial score (nSPS) is 16.6. The number of aliphatic carboxylic acids is 1. The molecule has 0 bridgehead atoms. The van der Waals surface area contributed by atoms with Crippen molar-refractivity contribution < 1.29 is 42.5 Å². The Labute approximate surface area is 230 Å². The number of alkyl halides is 3. The largest absolute Gasteiger partial charge is 0.490 e. The topological polar surface area (TPSA) is 119 Å². The second-order valence-electron chi connectivity index (χ2n) is 9.84. The van der Waals surface area contributed by atoms with Gasteiger partial charge in [-0.25, -0.2) is 9.59 Å². The molecule has 40 heavy (non-hydrogen) atoms. The predicted molar refractivity (Wildman–Crippen MR) is 143 cm³/mol. The minimum absolute atomic E-state index is 0.226. The Morgan fingerprint density at radius 3 is 2.23 bits per heavy atom. The summed E-state index contributed by atoms with van der Waals surface area (Å²) in [6, 6.07) is 12.5. The van der Waals surface area contributed by atoms with E-state index in [4.69, 9.17) is 14.6 Å². The first-order chi connectivity index (χ1) is 18.9. The number of amides is 1. The molecule has 1 amide bonds.